The van der Waals surface area contributed by atoms with Crippen molar-refractivity contribution in [1.29, 1.82) is 0 Å². The van der Waals surface area contributed by atoms with Crippen LogP contribution in [0, 0.1) is 0 Å². The Kier molecular flexibility index (Phi) is 6.05. The molecule has 1 amide bonds. The minimum atomic E-state index is -1.11. The number of para-hydroxylation sites is 2. The molecule has 0 radical (unpaired) electrons. The van der Waals surface area contributed by atoms with Crippen molar-refractivity contribution in [2.45, 2.75) is 13.3 Å². The highest BCUT2D eigenvalue weighted by Gasteiger charge is 2.22. The first-order valence-electron chi connectivity index (χ1n) is 7.85. The van der Waals surface area contributed by atoms with Crippen molar-refractivity contribution in [2.24, 2.45) is 0 Å². The molecule has 0 bridgehead atoms. The lowest BCUT2D eigenvalue weighted by molar-refractivity contribution is 0.0692. The molecule has 7 nitrogen and oxygen atoms in total. The zero-order valence-electron chi connectivity index (χ0n) is 14.4. The zero-order valence-corrected chi connectivity index (χ0v) is 14.4. The summed E-state index contributed by atoms with van der Waals surface area (Å²) in [6.07, 6.45) is 0.398. The number of likely N-dealkylation sites (N-methyl/N-ethyl adjacent to an activating group) is 1. The number of ether oxygens (including phenoxy) is 2. The monoisotopic (exact) mass is 347 g/mol. The maximum atomic E-state index is 12.4. The molecule has 25 heavy (non-hydrogen) atoms. The third kappa shape index (κ3) is 4.32. The molecule has 0 unspecified atom stereocenters. The molecule has 0 aliphatic heterocycles. The van der Waals surface area contributed by atoms with E-state index < -0.39 is 11.9 Å². The summed E-state index contributed by atoms with van der Waals surface area (Å²) >= 11 is 0. The number of carbonyl (C=O) groups excluding carboxylic acids is 1. The minimum absolute atomic E-state index is 0.00837. The number of amides is 1. The molecule has 1 N–H and O–H groups in total. The van der Waals surface area contributed by atoms with Gasteiger partial charge in [-0.25, -0.2) is 4.79 Å². The average Bonchev–Trinajstić information content (AvgIpc) is 3.06. The van der Waals surface area contributed by atoms with Gasteiger partial charge in [0.25, 0.3) is 5.91 Å². The SMILES string of the molecule is CCc1oc(C(=O)N(C)CCOc2ccccc2OC)cc1C(=O)O. The molecule has 0 saturated carbocycles. The molecule has 0 saturated heterocycles. The van der Waals surface area contributed by atoms with Gasteiger partial charge in [-0.2, -0.15) is 0 Å². The average molecular weight is 347 g/mol. The van der Waals surface area contributed by atoms with Crippen LogP contribution in [-0.2, 0) is 6.42 Å². The fourth-order valence-electron chi connectivity index (χ4n) is 2.30. The van der Waals surface area contributed by atoms with Gasteiger partial charge in [-0.3, -0.25) is 4.79 Å². The lowest BCUT2D eigenvalue weighted by Gasteiger charge is -2.17. The van der Waals surface area contributed by atoms with E-state index in [9.17, 15) is 9.59 Å². The molecule has 1 heterocycles. The van der Waals surface area contributed by atoms with Crippen LogP contribution in [-0.4, -0.2) is 49.2 Å². The van der Waals surface area contributed by atoms with E-state index in [2.05, 4.69) is 0 Å². The first kappa shape index (κ1) is 18.4. The third-order valence-electron chi connectivity index (χ3n) is 3.67. The molecule has 1 aromatic carbocycles. The smallest absolute Gasteiger partial charge is 0.339 e. The van der Waals surface area contributed by atoms with Crippen LogP contribution in [0.25, 0.3) is 0 Å². The van der Waals surface area contributed by atoms with Crippen LogP contribution >= 0.6 is 0 Å². The summed E-state index contributed by atoms with van der Waals surface area (Å²) in [4.78, 5) is 24.9. The summed E-state index contributed by atoms with van der Waals surface area (Å²) in [5, 5.41) is 9.13. The van der Waals surface area contributed by atoms with Gasteiger partial charge in [-0.1, -0.05) is 19.1 Å². The van der Waals surface area contributed by atoms with Gasteiger partial charge in [0.2, 0.25) is 0 Å². The molecular weight excluding hydrogens is 326 g/mol. The van der Waals surface area contributed by atoms with Gasteiger partial charge in [-0.05, 0) is 12.1 Å². The van der Waals surface area contributed by atoms with Crippen LogP contribution in [0.5, 0.6) is 11.5 Å². The van der Waals surface area contributed by atoms with Crippen LogP contribution in [0.2, 0.25) is 0 Å². The second-order valence-electron chi connectivity index (χ2n) is 5.33. The Labute approximate surface area is 145 Å². The number of rotatable bonds is 8. The number of carbonyl (C=O) groups is 2. The largest absolute Gasteiger partial charge is 0.493 e. The summed E-state index contributed by atoms with van der Waals surface area (Å²) in [7, 11) is 3.16. The van der Waals surface area contributed by atoms with E-state index in [1.165, 1.54) is 11.0 Å². The van der Waals surface area contributed by atoms with Crippen molar-refractivity contribution >= 4 is 11.9 Å². The van der Waals surface area contributed by atoms with Crippen LogP contribution in [0.15, 0.2) is 34.7 Å². The maximum Gasteiger partial charge on any atom is 0.339 e. The van der Waals surface area contributed by atoms with Crippen molar-refractivity contribution in [2.75, 3.05) is 27.3 Å². The van der Waals surface area contributed by atoms with Gasteiger partial charge in [0, 0.05) is 19.5 Å². The minimum Gasteiger partial charge on any atom is -0.493 e. The van der Waals surface area contributed by atoms with Gasteiger partial charge in [0.05, 0.1) is 13.7 Å². The van der Waals surface area contributed by atoms with E-state index in [0.717, 1.165) is 0 Å². The number of hydrogen-bond acceptors (Lipinski definition) is 5. The highest BCUT2D eigenvalue weighted by atomic mass is 16.5. The molecule has 7 heteroatoms. The van der Waals surface area contributed by atoms with Crippen molar-refractivity contribution in [3.63, 3.8) is 0 Å². The number of carboxylic acids is 1. The Hall–Kier alpha value is -2.96. The summed E-state index contributed by atoms with van der Waals surface area (Å²) in [6, 6.07) is 8.49. The van der Waals surface area contributed by atoms with E-state index in [1.54, 1.807) is 33.2 Å². The Morgan fingerprint density at radius 3 is 2.48 bits per heavy atom. The maximum absolute atomic E-state index is 12.4. The molecule has 134 valence electrons. The highest BCUT2D eigenvalue weighted by Crippen LogP contribution is 2.25. The fraction of sp³-hybridized carbons (Fsp3) is 0.333. The Bertz CT molecular complexity index is 752. The number of hydrogen-bond donors (Lipinski definition) is 1. The third-order valence-corrected chi connectivity index (χ3v) is 3.67. The van der Waals surface area contributed by atoms with Gasteiger partial charge in [-0.15, -0.1) is 0 Å². The molecule has 1 aromatic heterocycles. The predicted molar refractivity (Wildman–Crippen MR) is 90.5 cm³/mol. The Balaban J connectivity index is 1.97. The van der Waals surface area contributed by atoms with Crippen LogP contribution < -0.4 is 9.47 Å². The van der Waals surface area contributed by atoms with Gasteiger partial charge >= 0.3 is 5.97 Å². The van der Waals surface area contributed by atoms with E-state index in [0.29, 0.717) is 24.5 Å². The molecule has 2 rings (SSSR count). The number of methoxy groups -OCH3 is 1. The van der Waals surface area contributed by atoms with Crippen molar-refractivity contribution in [3.8, 4) is 11.5 Å². The number of benzene rings is 1. The van der Waals surface area contributed by atoms with Gasteiger partial charge in [0.1, 0.15) is 17.9 Å². The number of aryl methyl sites for hydroxylation is 1. The lowest BCUT2D eigenvalue weighted by atomic mass is 10.2. The molecule has 0 aliphatic rings. The second kappa shape index (κ2) is 8.23. The Morgan fingerprint density at radius 1 is 1.24 bits per heavy atom. The van der Waals surface area contributed by atoms with Crippen molar-refractivity contribution < 1.29 is 28.6 Å². The van der Waals surface area contributed by atoms with Gasteiger partial charge < -0.3 is 23.9 Å². The first-order valence-corrected chi connectivity index (χ1v) is 7.85. The number of aromatic carboxylic acids is 1. The van der Waals surface area contributed by atoms with Crippen molar-refractivity contribution in [1.82, 2.24) is 4.90 Å². The predicted octanol–water partition coefficient (Wildman–Crippen LogP) is 2.70. The van der Waals surface area contributed by atoms with E-state index in [4.69, 9.17) is 19.0 Å². The number of nitrogens with zero attached hydrogens (tertiary/aromatic N) is 1. The molecule has 0 atom stereocenters. The van der Waals surface area contributed by atoms with Crippen LogP contribution in [0.4, 0.5) is 0 Å². The standard InChI is InChI=1S/C18H21NO6/c1-4-13-12(18(21)22)11-16(25-13)17(20)19(2)9-10-24-15-8-6-5-7-14(15)23-3/h5-8,11H,4,9-10H2,1-3H3,(H,21,22). The highest BCUT2D eigenvalue weighted by molar-refractivity contribution is 5.96. The van der Waals surface area contributed by atoms with Gasteiger partial charge in [0.15, 0.2) is 17.3 Å². The quantitative estimate of drug-likeness (QED) is 0.790. The van der Waals surface area contributed by atoms with E-state index in [-0.39, 0.29) is 23.7 Å². The molecule has 2 aromatic rings. The molecule has 0 fully saturated rings. The van der Waals surface area contributed by atoms with Crippen LogP contribution in [0.3, 0.4) is 0 Å². The summed E-state index contributed by atoms with van der Waals surface area (Å²) in [6.45, 7) is 2.33. The number of carboxylic acid groups (broad SMARTS) is 1. The summed E-state index contributed by atoms with van der Waals surface area (Å²) in [5.41, 5.74) is 0.0181. The normalized spacial score (nSPS) is 10.4. The fourth-order valence-corrected chi connectivity index (χ4v) is 2.30. The zero-order chi connectivity index (χ0) is 18.4. The Morgan fingerprint density at radius 2 is 1.92 bits per heavy atom. The topological polar surface area (TPSA) is 89.2 Å². The van der Waals surface area contributed by atoms with E-state index in [1.807, 2.05) is 12.1 Å². The summed E-state index contributed by atoms with van der Waals surface area (Å²) in [5.74, 6) is -0.0114. The molecule has 0 aliphatic carbocycles. The van der Waals surface area contributed by atoms with Crippen LogP contribution in [0.1, 0.15) is 33.6 Å². The first-order chi connectivity index (χ1) is 12.0. The van der Waals surface area contributed by atoms with Crippen molar-refractivity contribution in [3.05, 3.63) is 47.4 Å². The number of furan rings is 1. The lowest BCUT2D eigenvalue weighted by Crippen LogP contribution is -2.30. The van der Waals surface area contributed by atoms with E-state index >= 15 is 0 Å². The molecule has 0 spiro atoms. The molecular formula is C18H21NO6. The second-order valence-corrected chi connectivity index (χ2v) is 5.33. The summed E-state index contributed by atoms with van der Waals surface area (Å²) < 4.78 is 16.2.